The van der Waals surface area contributed by atoms with Gasteiger partial charge in [-0.2, -0.15) is 0 Å². The van der Waals surface area contributed by atoms with Gasteiger partial charge in [-0.05, 0) is 21.0 Å². The summed E-state index contributed by atoms with van der Waals surface area (Å²) in [6.07, 6.45) is 1.71. The van der Waals surface area contributed by atoms with Crippen LogP contribution >= 0.6 is 0 Å². The van der Waals surface area contributed by atoms with Gasteiger partial charge in [0.1, 0.15) is 11.6 Å². The van der Waals surface area contributed by atoms with Crippen molar-refractivity contribution >= 4 is 5.82 Å². The van der Waals surface area contributed by atoms with E-state index in [0.29, 0.717) is 0 Å². The molecule has 0 aliphatic heterocycles. The number of nitrogens with two attached hydrogens (primary N) is 1. The molecular weight excluding hydrogens is 152 g/mol. The van der Waals surface area contributed by atoms with Gasteiger partial charge in [-0.15, -0.1) is 0 Å². The highest BCUT2D eigenvalue weighted by atomic mass is 15.2. The minimum absolute atomic E-state index is 0.745. The average Bonchev–Trinajstić information content (AvgIpc) is 2.30. The zero-order chi connectivity index (χ0) is 9.14. The number of nitrogen functional groups attached to an aromatic ring is 1. The van der Waals surface area contributed by atoms with Crippen molar-refractivity contribution in [2.24, 2.45) is 0 Å². The molecule has 68 valence electrons. The van der Waals surface area contributed by atoms with Crippen LogP contribution in [0.15, 0.2) is 6.20 Å². The molecule has 2 N–H and O–H groups in total. The molecule has 1 aromatic heterocycles. The van der Waals surface area contributed by atoms with Crippen molar-refractivity contribution in [1.82, 2.24) is 14.5 Å². The molecule has 0 amide bonds. The molecule has 0 aromatic carbocycles. The Morgan fingerprint density at radius 3 is 2.75 bits per heavy atom. The zero-order valence-electron chi connectivity index (χ0n) is 7.91. The highest BCUT2D eigenvalue weighted by Gasteiger charge is 2.05. The summed E-state index contributed by atoms with van der Waals surface area (Å²) in [4.78, 5) is 6.30. The second kappa shape index (κ2) is 3.58. The number of nitrogens with zero attached hydrogens (tertiary/aromatic N) is 3. The van der Waals surface area contributed by atoms with Crippen molar-refractivity contribution in [3.63, 3.8) is 0 Å². The van der Waals surface area contributed by atoms with E-state index in [1.54, 1.807) is 6.20 Å². The van der Waals surface area contributed by atoms with Crippen molar-refractivity contribution < 1.29 is 0 Å². The summed E-state index contributed by atoms with van der Waals surface area (Å²) in [6, 6.07) is 0. The summed E-state index contributed by atoms with van der Waals surface area (Å²) in [7, 11) is 4.04. The van der Waals surface area contributed by atoms with Crippen LogP contribution in [0, 0.1) is 0 Å². The Kier molecular flexibility index (Phi) is 2.70. The molecule has 0 atom stereocenters. The van der Waals surface area contributed by atoms with E-state index in [9.17, 15) is 0 Å². The lowest BCUT2D eigenvalue weighted by molar-refractivity contribution is 0.382. The van der Waals surface area contributed by atoms with E-state index in [1.807, 2.05) is 18.7 Å². The van der Waals surface area contributed by atoms with E-state index < -0.39 is 0 Å². The molecule has 1 rings (SSSR count). The number of hydrogen-bond donors (Lipinski definition) is 1. The Hall–Kier alpha value is -1.03. The highest BCUT2D eigenvalue weighted by molar-refractivity contribution is 5.27. The van der Waals surface area contributed by atoms with Crippen molar-refractivity contribution in [2.45, 2.75) is 20.0 Å². The molecule has 0 spiro atoms. The maximum Gasteiger partial charge on any atom is 0.124 e. The normalized spacial score (nSPS) is 11.0. The quantitative estimate of drug-likeness (QED) is 0.717. The summed E-state index contributed by atoms with van der Waals surface area (Å²) in [5, 5.41) is 0. The predicted molar refractivity (Wildman–Crippen MR) is 49.7 cm³/mol. The van der Waals surface area contributed by atoms with Gasteiger partial charge in [-0.3, -0.25) is 0 Å². The standard InChI is InChI=1S/C8H16N4/c1-4-12-7(9)5-10-8(12)6-11(2)3/h5H,4,6,9H2,1-3H3. The molecule has 12 heavy (non-hydrogen) atoms. The second-order valence-corrected chi connectivity index (χ2v) is 3.08. The molecule has 4 nitrogen and oxygen atoms in total. The Morgan fingerprint density at radius 2 is 2.25 bits per heavy atom. The average molecular weight is 168 g/mol. The van der Waals surface area contributed by atoms with E-state index in [0.717, 1.165) is 24.7 Å². The summed E-state index contributed by atoms with van der Waals surface area (Å²) in [5.41, 5.74) is 5.71. The Bertz CT molecular complexity index is 252. The van der Waals surface area contributed by atoms with Gasteiger partial charge in [0.25, 0.3) is 0 Å². The molecule has 0 fully saturated rings. The third-order valence-corrected chi connectivity index (χ3v) is 1.74. The number of aromatic nitrogens is 2. The molecule has 1 heterocycles. The molecule has 0 aliphatic rings. The van der Waals surface area contributed by atoms with E-state index in [1.165, 1.54) is 0 Å². The number of hydrogen-bond acceptors (Lipinski definition) is 3. The van der Waals surface area contributed by atoms with E-state index in [-0.39, 0.29) is 0 Å². The van der Waals surface area contributed by atoms with E-state index >= 15 is 0 Å². The second-order valence-electron chi connectivity index (χ2n) is 3.08. The molecule has 4 heteroatoms. The van der Waals surface area contributed by atoms with Crippen LogP contribution in [0.4, 0.5) is 5.82 Å². The van der Waals surface area contributed by atoms with Gasteiger partial charge in [-0.25, -0.2) is 4.98 Å². The van der Waals surface area contributed by atoms with Crippen molar-refractivity contribution in [3.8, 4) is 0 Å². The summed E-state index contributed by atoms with van der Waals surface area (Å²) < 4.78 is 2.01. The van der Waals surface area contributed by atoms with Gasteiger partial charge < -0.3 is 15.2 Å². The monoisotopic (exact) mass is 168 g/mol. The van der Waals surface area contributed by atoms with Crippen molar-refractivity contribution in [2.75, 3.05) is 19.8 Å². The van der Waals surface area contributed by atoms with Crippen LogP contribution in [-0.2, 0) is 13.1 Å². The van der Waals surface area contributed by atoms with Gasteiger partial charge in [-0.1, -0.05) is 0 Å². The van der Waals surface area contributed by atoms with Crippen molar-refractivity contribution in [3.05, 3.63) is 12.0 Å². The number of rotatable bonds is 3. The van der Waals surface area contributed by atoms with Gasteiger partial charge in [0.2, 0.25) is 0 Å². The van der Waals surface area contributed by atoms with Crippen LogP contribution in [0.3, 0.4) is 0 Å². The molecule has 0 saturated heterocycles. The summed E-state index contributed by atoms with van der Waals surface area (Å²) >= 11 is 0. The first-order chi connectivity index (χ1) is 5.65. The molecule has 0 unspecified atom stereocenters. The molecule has 0 radical (unpaired) electrons. The first-order valence-electron chi connectivity index (χ1n) is 4.09. The van der Waals surface area contributed by atoms with Gasteiger partial charge in [0.15, 0.2) is 0 Å². The predicted octanol–water partition coefficient (Wildman–Crippen LogP) is 0.547. The largest absolute Gasteiger partial charge is 0.384 e. The summed E-state index contributed by atoms with van der Waals surface area (Å²) in [5.74, 6) is 1.77. The SMILES string of the molecule is CCn1c(N)cnc1CN(C)C. The van der Waals surface area contributed by atoms with Crippen molar-refractivity contribution in [1.29, 1.82) is 0 Å². The molecule has 0 saturated carbocycles. The van der Waals surface area contributed by atoms with Crippen LogP contribution < -0.4 is 5.73 Å². The van der Waals surface area contributed by atoms with Crippen LogP contribution in [0.2, 0.25) is 0 Å². The Balaban J connectivity index is 2.84. The maximum absolute atomic E-state index is 5.71. The van der Waals surface area contributed by atoms with Gasteiger partial charge in [0, 0.05) is 6.54 Å². The fourth-order valence-electron chi connectivity index (χ4n) is 1.20. The minimum Gasteiger partial charge on any atom is -0.384 e. The summed E-state index contributed by atoms with van der Waals surface area (Å²) in [6.45, 7) is 3.79. The lowest BCUT2D eigenvalue weighted by Crippen LogP contribution is -2.15. The van der Waals surface area contributed by atoms with Crippen LogP contribution in [-0.4, -0.2) is 28.5 Å². The highest BCUT2D eigenvalue weighted by Crippen LogP contribution is 2.07. The number of anilines is 1. The van der Waals surface area contributed by atoms with E-state index in [2.05, 4.69) is 16.8 Å². The Labute approximate surface area is 73.0 Å². The van der Waals surface area contributed by atoms with Crippen LogP contribution in [0.1, 0.15) is 12.7 Å². The lowest BCUT2D eigenvalue weighted by Gasteiger charge is -2.11. The number of imidazole rings is 1. The topological polar surface area (TPSA) is 47.1 Å². The Morgan fingerprint density at radius 1 is 1.58 bits per heavy atom. The fraction of sp³-hybridized carbons (Fsp3) is 0.625. The maximum atomic E-state index is 5.71. The molecular formula is C8H16N4. The first-order valence-corrected chi connectivity index (χ1v) is 4.09. The smallest absolute Gasteiger partial charge is 0.124 e. The van der Waals surface area contributed by atoms with Gasteiger partial charge >= 0.3 is 0 Å². The van der Waals surface area contributed by atoms with Gasteiger partial charge in [0.05, 0.1) is 12.7 Å². The van der Waals surface area contributed by atoms with E-state index in [4.69, 9.17) is 5.73 Å². The molecule has 0 bridgehead atoms. The first kappa shape index (κ1) is 9.06. The third kappa shape index (κ3) is 1.76. The van der Waals surface area contributed by atoms with Crippen LogP contribution in [0.25, 0.3) is 0 Å². The minimum atomic E-state index is 0.745. The zero-order valence-corrected chi connectivity index (χ0v) is 7.91. The molecule has 1 aromatic rings. The van der Waals surface area contributed by atoms with Crippen LogP contribution in [0.5, 0.6) is 0 Å². The molecule has 0 aliphatic carbocycles. The third-order valence-electron chi connectivity index (χ3n) is 1.74. The fourth-order valence-corrected chi connectivity index (χ4v) is 1.20. The lowest BCUT2D eigenvalue weighted by atomic mass is 10.5.